The van der Waals surface area contributed by atoms with Crippen LogP contribution in [0, 0.1) is 10.1 Å². The summed E-state index contributed by atoms with van der Waals surface area (Å²) in [7, 11) is 0. The fraction of sp³-hybridized carbons (Fsp3) is 0.125. The van der Waals surface area contributed by atoms with Gasteiger partial charge in [-0.25, -0.2) is 0 Å². The average Bonchev–Trinajstić information content (AvgIpc) is 2.48. The van der Waals surface area contributed by atoms with E-state index in [2.05, 4.69) is 0 Å². The van der Waals surface area contributed by atoms with E-state index in [0.29, 0.717) is 23.5 Å². The van der Waals surface area contributed by atoms with Gasteiger partial charge in [0, 0.05) is 6.08 Å². The van der Waals surface area contributed by atoms with Gasteiger partial charge >= 0.3 is 0 Å². The van der Waals surface area contributed by atoms with Gasteiger partial charge in [-0.3, -0.25) is 10.1 Å². The van der Waals surface area contributed by atoms with Crippen molar-refractivity contribution in [3.63, 3.8) is 0 Å². The van der Waals surface area contributed by atoms with Crippen LogP contribution in [0.3, 0.4) is 0 Å². The minimum absolute atomic E-state index is 0.0104. The van der Waals surface area contributed by atoms with Crippen LogP contribution in [-0.4, -0.2) is 16.6 Å². The van der Waals surface area contributed by atoms with E-state index in [1.807, 2.05) is 0 Å². The summed E-state index contributed by atoms with van der Waals surface area (Å²) in [5.74, 6) is 0.318. The molecule has 2 aromatic rings. The van der Waals surface area contributed by atoms with Crippen LogP contribution >= 0.6 is 0 Å². The van der Waals surface area contributed by atoms with Crippen molar-refractivity contribution in [2.45, 2.75) is 6.92 Å². The van der Waals surface area contributed by atoms with Crippen LogP contribution in [0.25, 0.3) is 11.8 Å². The average molecular weight is 285 g/mol. The molecule has 0 heterocycles. The first-order valence-electron chi connectivity index (χ1n) is 6.49. The van der Waals surface area contributed by atoms with Crippen LogP contribution in [-0.2, 0) is 0 Å². The quantitative estimate of drug-likeness (QED) is 0.518. The molecule has 0 saturated heterocycles. The highest BCUT2D eigenvalue weighted by Gasteiger charge is 2.14. The van der Waals surface area contributed by atoms with E-state index in [9.17, 15) is 15.2 Å². The second-order valence-corrected chi connectivity index (χ2v) is 4.31. The van der Waals surface area contributed by atoms with E-state index >= 15 is 0 Å². The summed E-state index contributed by atoms with van der Waals surface area (Å²) in [5, 5.41) is 20.9. The van der Waals surface area contributed by atoms with Gasteiger partial charge < -0.3 is 9.84 Å². The van der Waals surface area contributed by atoms with Crippen LogP contribution in [0.5, 0.6) is 11.5 Å². The summed E-state index contributed by atoms with van der Waals surface area (Å²) in [6, 6.07) is 13.3. The number of phenols is 1. The van der Waals surface area contributed by atoms with Gasteiger partial charge in [0.2, 0.25) is 0 Å². The Labute approximate surface area is 122 Å². The molecular weight excluding hydrogens is 270 g/mol. The van der Waals surface area contributed by atoms with Crippen molar-refractivity contribution in [2.75, 3.05) is 6.61 Å². The fourth-order valence-electron chi connectivity index (χ4n) is 1.90. The number of aromatic hydroxyl groups is 1. The predicted octanol–water partition coefficient (Wildman–Crippen LogP) is 3.57. The van der Waals surface area contributed by atoms with Crippen molar-refractivity contribution >= 4 is 11.8 Å². The topological polar surface area (TPSA) is 72.6 Å². The van der Waals surface area contributed by atoms with Crippen molar-refractivity contribution in [2.24, 2.45) is 0 Å². The number of phenolic OH excluding ortho intramolecular Hbond substituents is 1. The summed E-state index contributed by atoms with van der Waals surface area (Å²) in [6.07, 6.45) is 1.46. The zero-order chi connectivity index (χ0) is 15.2. The van der Waals surface area contributed by atoms with Gasteiger partial charge in [-0.05, 0) is 36.8 Å². The summed E-state index contributed by atoms with van der Waals surface area (Å²) in [5.41, 5.74) is 1.10. The van der Waals surface area contributed by atoms with E-state index in [4.69, 9.17) is 4.74 Å². The molecule has 0 atom stereocenters. The Balaban J connectivity index is 2.44. The molecule has 5 heteroatoms. The third-order valence-corrected chi connectivity index (χ3v) is 2.85. The summed E-state index contributed by atoms with van der Waals surface area (Å²) in [4.78, 5) is 10.8. The first kappa shape index (κ1) is 14.6. The van der Waals surface area contributed by atoms with Gasteiger partial charge in [-0.15, -0.1) is 0 Å². The molecule has 0 aromatic heterocycles. The van der Waals surface area contributed by atoms with Crippen molar-refractivity contribution in [1.82, 2.24) is 0 Å². The smallest absolute Gasteiger partial charge is 0.277 e. The van der Waals surface area contributed by atoms with E-state index in [1.165, 1.54) is 12.1 Å². The van der Waals surface area contributed by atoms with Gasteiger partial charge in [0.15, 0.2) is 11.5 Å². The Hall–Kier alpha value is -2.82. The summed E-state index contributed by atoms with van der Waals surface area (Å²) < 4.78 is 5.28. The largest absolute Gasteiger partial charge is 0.504 e. The molecule has 1 N–H and O–H groups in total. The number of hydrogen-bond acceptors (Lipinski definition) is 4. The maximum Gasteiger partial charge on any atom is 0.277 e. The molecule has 21 heavy (non-hydrogen) atoms. The van der Waals surface area contributed by atoms with Gasteiger partial charge in [0.05, 0.1) is 17.1 Å². The standard InChI is InChI=1S/C16H15NO4/c1-2-21-16-11-12(8-9-15(16)18)10-14(17(19)20)13-6-4-3-5-7-13/h3-11,18H,2H2,1H3. The number of hydrogen-bond donors (Lipinski definition) is 1. The number of ether oxygens (including phenoxy) is 1. The zero-order valence-electron chi connectivity index (χ0n) is 11.5. The van der Waals surface area contributed by atoms with E-state index in [0.717, 1.165) is 0 Å². The molecule has 0 aliphatic heterocycles. The normalized spacial score (nSPS) is 11.2. The SMILES string of the molecule is CCOc1cc(C=C(c2ccccc2)[N+](=O)[O-])ccc1O. The Bertz CT molecular complexity index is 665. The summed E-state index contributed by atoms with van der Waals surface area (Å²) >= 11 is 0. The number of nitro groups is 1. The Morgan fingerprint density at radius 1 is 1.29 bits per heavy atom. The maximum atomic E-state index is 11.2. The Morgan fingerprint density at radius 3 is 2.62 bits per heavy atom. The summed E-state index contributed by atoms with van der Waals surface area (Å²) in [6.45, 7) is 2.20. The lowest BCUT2D eigenvalue weighted by Gasteiger charge is -2.06. The Kier molecular flexibility index (Phi) is 4.56. The van der Waals surface area contributed by atoms with Crippen LogP contribution in [0.4, 0.5) is 0 Å². The molecule has 5 nitrogen and oxygen atoms in total. The van der Waals surface area contributed by atoms with Crippen LogP contribution in [0.1, 0.15) is 18.1 Å². The van der Waals surface area contributed by atoms with Gasteiger partial charge in [-0.1, -0.05) is 24.3 Å². The second kappa shape index (κ2) is 6.56. The van der Waals surface area contributed by atoms with Crippen molar-refractivity contribution in [3.05, 3.63) is 69.8 Å². The molecule has 0 fully saturated rings. The Morgan fingerprint density at radius 2 is 2.00 bits per heavy atom. The third kappa shape index (κ3) is 3.60. The minimum atomic E-state index is -0.428. The predicted molar refractivity (Wildman–Crippen MR) is 80.6 cm³/mol. The number of benzene rings is 2. The zero-order valence-corrected chi connectivity index (χ0v) is 11.5. The van der Waals surface area contributed by atoms with E-state index in [1.54, 1.807) is 49.4 Å². The molecule has 2 rings (SSSR count). The van der Waals surface area contributed by atoms with Crippen LogP contribution in [0.2, 0.25) is 0 Å². The van der Waals surface area contributed by atoms with E-state index < -0.39 is 4.92 Å². The highest BCUT2D eigenvalue weighted by Crippen LogP contribution is 2.29. The highest BCUT2D eigenvalue weighted by molar-refractivity contribution is 5.77. The highest BCUT2D eigenvalue weighted by atomic mass is 16.6. The van der Waals surface area contributed by atoms with Crippen molar-refractivity contribution in [3.8, 4) is 11.5 Å². The number of nitrogens with zero attached hydrogens (tertiary/aromatic N) is 1. The lowest BCUT2D eigenvalue weighted by Crippen LogP contribution is -1.98. The molecule has 0 unspecified atom stereocenters. The molecule has 108 valence electrons. The first-order chi connectivity index (χ1) is 10.1. The third-order valence-electron chi connectivity index (χ3n) is 2.85. The number of rotatable bonds is 5. The van der Waals surface area contributed by atoms with Gasteiger partial charge in [0.1, 0.15) is 0 Å². The van der Waals surface area contributed by atoms with Crippen molar-refractivity contribution in [1.29, 1.82) is 0 Å². The molecule has 0 saturated carbocycles. The van der Waals surface area contributed by atoms with Crippen LogP contribution < -0.4 is 4.74 Å². The molecule has 2 aromatic carbocycles. The van der Waals surface area contributed by atoms with Crippen LogP contribution in [0.15, 0.2) is 48.5 Å². The van der Waals surface area contributed by atoms with E-state index in [-0.39, 0.29) is 11.4 Å². The molecule has 0 spiro atoms. The van der Waals surface area contributed by atoms with Gasteiger partial charge in [0.25, 0.3) is 5.70 Å². The molecular formula is C16H15NO4. The minimum Gasteiger partial charge on any atom is -0.504 e. The van der Waals surface area contributed by atoms with Gasteiger partial charge in [-0.2, -0.15) is 0 Å². The fourth-order valence-corrected chi connectivity index (χ4v) is 1.90. The molecule has 0 radical (unpaired) electrons. The molecule has 0 aliphatic rings. The lowest BCUT2D eigenvalue weighted by molar-refractivity contribution is -0.374. The first-order valence-corrected chi connectivity index (χ1v) is 6.49. The second-order valence-electron chi connectivity index (χ2n) is 4.31. The monoisotopic (exact) mass is 285 g/mol. The maximum absolute atomic E-state index is 11.2. The molecule has 0 bridgehead atoms. The lowest BCUT2D eigenvalue weighted by atomic mass is 10.1. The van der Waals surface area contributed by atoms with Crippen molar-refractivity contribution < 1.29 is 14.8 Å². The molecule has 0 aliphatic carbocycles. The molecule has 0 amide bonds.